The summed E-state index contributed by atoms with van der Waals surface area (Å²) in [5.74, 6) is 1.88. The van der Waals surface area contributed by atoms with E-state index in [0.29, 0.717) is 22.4 Å². The number of nitrogens with zero attached hydrogens (tertiary/aromatic N) is 1. The first-order chi connectivity index (χ1) is 11.7. The molecule has 3 rings (SSSR count). The summed E-state index contributed by atoms with van der Waals surface area (Å²) in [5.41, 5.74) is 0.528. The predicted molar refractivity (Wildman–Crippen MR) is 93.0 cm³/mol. The van der Waals surface area contributed by atoms with Gasteiger partial charge in [-0.3, -0.25) is 4.79 Å². The van der Waals surface area contributed by atoms with Gasteiger partial charge in [-0.15, -0.1) is 0 Å². The smallest absolute Gasteiger partial charge is 0.259 e. The van der Waals surface area contributed by atoms with Gasteiger partial charge in [-0.25, -0.2) is 4.98 Å². The highest BCUT2D eigenvalue weighted by Gasteiger charge is 2.16. The predicted octanol–water partition coefficient (Wildman–Crippen LogP) is 1.29. The van der Waals surface area contributed by atoms with Gasteiger partial charge in [0.05, 0.1) is 38.2 Å². The van der Waals surface area contributed by atoms with Crippen LogP contribution in [0.3, 0.4) is 0 Å². The molecule has 1 aromatic carbocycles. The summed E-state index contributed by atoms with van der Waals surface area (Å²) in [6, 6.07) is 3.46. The van der Waals surface area contributed by atoms with Crippen LogP contribution in [-0.4, -0.2) is 37.3 Å². The number of likely N-dealkylation sites (tertiary alicyclic amines) is 1. The topological polar surface area (TPSA) is 68.7 Å². The monoisotopic (exact) mass is 332 g/mol. The third-order valence-corrected chi connectivity index (χ3v) is 4.74. The van der Waals surface area contributed by atoms with Crippen LogP contribution in [0.25, 0.3) is 10.9 Å². The molecular weight excluding hydrogens is 306 g/mol. The van der Waals surface area contributed by atoms with Gasteiger partial charge in [0.1, 0.15) is 6.54 Å². The highest BCUT2D eigenvalue weighted by atomic mass is 16.5. The van der Waals surface area contributed by atoms with Crippen LogP contribution in [-0.2, 0) is 6.54 Å². The maximum atomic E-state index is 12.4. The highest BCUT2D eigenvalue weighted by molar-refractivity contribution is 5.81. The molecule has 24 heavy (non-hydrogen) atoms. The molecule has 0 aliphatic carbocycles. The molecule has 1 saturated heterocycles. The number of H-pyrrole nitrogens is 1. The van der Waals surface area contributed by atoms with E-state index in [1.807, 2.05) is 0 Å². The Bertz CT molecular complexity index is 749. The Balaban J connectivity index is 1.90. The van der Waals surface area contributed by atoms with E-state index in [9.17, 15) is 4.79 Å². The van der Waals surface area contributed by atoms with Crippen molar-refractivity contribution < 1.29 is 14.4 Å². The second kappa shape index (κ2) is 7.66. The Morgan fingerprint density at radius 3 is 2.33 bits per heavy atom. The molecule has 0 atom stereocenters. The van der Waals surface area contributed by atoms with Crippen LogP contribution in [0.2, 0.25) is 0 Å². The van der Waals surface area contributed by atoms with Crippen molar-refractivity contribution in [3.05, 3.63) is 28.3 Å². The molecular formula is C18H26N3O3+. The van der Waals surface area contributed by atoms with Gasteiger partial charge < -0.3 is 19.4 Å². The minimum absolute atomic E-state index is 0.123. The maximum absolute atomic E-state index is 12.4. The number of methoxy groups -OCH3 is 2. The number of quaternary nitrogens is 1. The Morgan fingerprint density at radius 2 is 1.67 bits per heavy atom. The lowest BCUT2D eigenvalue weighted by Gasteiger charge is -2.21. The summed E-state index contributed by atoms with van der Waals surface area (Å²) in [7, 11) is 3.15. The first kappa shape index (κ1) is 16.8. The zero-order valence-electron chi connectivity index (χ0n) is 14.5. The standard InChI is InChI=1S/C18H25N3O3/c1-23-15-10-13-14(11-16(15)24-2)19-17(20-18(13)22)12-21-8-6-4-3-5-7-9-21/h10-11H,3-9,12H2,1-2H3,(H,19,20,22)/p+1. The van der Waals surface area contributed by atoms with Gasteiger partial charge in [-0.2, -0.15) is 0 Å². The number of rotatable bonds is 4. The molecule has 2 aromatic rings. The van der Waals surface area contributed by atoms with Crippen molar-refractivity contribution >= 4 is 10.9 Å². The summed E-state index contributed by atoms with van der Waals surface area (Å²) in [5, 5.41) is 0.527. The quantitative estimate of drug-likeness (QED) is 0.885. The molecule has 2 heterocycles. The Labute approximate surface area is 141 Å². The van der Waals surface area contributed by atoms with E-state index in [1.54, 1.807) is 26.4 Å². The first-order valence-corrected chi connectivity index (χ1v) is 8.69. The van der Waals surface area contributed by atoms with Crippen molar-refractivity contribution in [1.82, 2.24) is 9.97 Å². The molecule has 1 fully saturated rings. The van der Waals surface area contributed by atoms with Gasteiger partial charge in [-0.05, 0) is 31.7 Å². The minimum Gasteiger partial charge on any atom is -0.493 e. The Morgan fingerprint density at radius 1 is 1.04 bits per heavy atom. The number of nitrogens with one attached hydrogen (secondary N) is 2. The SMILES string of the molecule is COc1cc2nc(C[NH+]3CCCCCCC3)[nH]c(=O)c2cc1OC. The van der Waals surface area contributed by atoms with Crippen molar-refractivity contribution in [2.24, 2.45) is 0 Å². The van der Waals surface area contributed by atoms with E-state index in [0.717, 1.165) is 25.5 Å². The lowest BCUT2D eigenvalue weighted by molar-refractivity contribution is -0.915. The number of fused-ring (bicyclic) bond motifs is 1. The summed E-state index contributed by atoms with van der Waals surface area (Å²) in [6.07, 6.45) is 6.46. The van der Waals surface area contributed by atoms with Crippen molar-refractivity contribution in [2.75, 3.05) is 27.3 Å². The second-order valence-electron chi connectivity index (χ2n) is 6.43. The first-order valence-electron chi connectivity index (χ1n) is 8.69. The fourth-order valence-corrected chi connectivity index (χ4v) is 3.42. The summed E-state index contributed by atoms with van der Waals surface area (Å²) >= 11 is 0. The normalized spacial score (nSPS) is 16.6. The molecule has 0 spiro atoms. The second-order valence-corrected chi connectivity index (χ2v) is 6.43. The zero-order valence-corrected chi connectivity index (χ0v) is 14.5. The third kappa shape index (κ3) is 3.70. The van der Waals surface area contributed by atoms with E-state index in [2.05, 4.69) is 9.97 Å². The fourth-order valence-electron chi connectivity index (χ4n) is 3.42. The van der Waals surface area contributed by atoms with Crippen molar-refractivity contribution in [1.29, 1.82) is 0 Å². The average molecular weight is 332 g/mol. The molecule has 130 valence electrons. The number of benzene rings is 1. The minimum atomic E-state index is -0.123. The van der Waals surface area contributed by atoms with Gasteiger partial charge in [0, 0.05) is 6.07 Å². The van der Waals surface area contributed by atoms with Crippen LogP contribution < -0.4 is 19.9 Å². The van der Waals surface area contributed by atoms with Gasteiger partial charge in [0.25, 0.3) is 5.56 Å². The lowest BCUT2D eigenvalue weighted by Crippen LogP contribution is -3.10. The Kier molecular flexibility index (Phi) is 5.35. The van der Waals surface area contributed by atoms with Crippen molar-refractivity contribution in [3.63, 3.8) is 0 Å². The van der Waals surface area contributed by atoms with Gasteiger partial charge in [0.2, 0.25) is 0 Å². The van der Waals surface area contributed by atoms with Gasteiger partial charge in [0.15, 0.2) is 17.3 Å². The molecule has 1 aliphatic rings. The average Bonchev–Trinajstić information content (AvgIpc) is 2.56. The summed E-state index contributed by atoms with van der Waals surface area (Å²) < 4.78 is 10.6. The third-order valence-electron chi connectivity index (χ3n) is 4.74. The molecule has 2 N–H and O–H groups in total. The van der Waals surface area contributed by atoms with Crippen LogP contribution in [0, 0.1) is 0 Å². The van der Waals surface area contributed by atoms with Crippen molar-refractivity contribution in [3.8, 4) is 11.5 Å². The largest absolute Gasteiger partial charge is 0.493 e. The Hall–Kier alpha value is -2.08. The van der Waals surface area contributed by atoms with E-state index in [-0.39, 0.29) is 5.56 Å². The van der Waals surface area contributed by atoms with Crippen LogP contribution in [0.15, 0.2) is 16.9 Å². The maximum Gasteiger partial charge on any atom is 0.259 e. The van der Waals surface area contributed by atoms with Crippen LogP contribution in [0.4, 0.5) is 0 Å². The molecule has 0 radical (unpaired) electrons. The molecule has 1 aromatic heterocycles. The van der Waals surface area contributed by atoms with Crippen LogP contribution in [0.1, 0.15) is 37.9 Å². The molecule has 6 heteroatoms. The molecule has 0 bridgehead atoms. The highest BCUT2D eigenvalue weighted by Crippen LogP contribution is 2.29. The number of hydrogen-bond acceptors (Lipinski definition) is 4. The molecule has 0 saturated carbocycles. The van der Waals surface area contributed by atoms with E-state index in [1.165, 1.54) is 37.0 Å². The van der Waals surface area contributed by atoms with Crippen molar-refractivity contribution in [2.45, 2.75) is 38.6 Å². The van der Waals surface area contributed by atoms with Gasteiger partial charge >= 0.3 is 0 Å². The number of aromatic nitrogens is 2. The zero-order chi connectivity index (χ0) is 16.9. The molecule has 0 unspecified atom stereocenters. The summed E-state index contributed by atoms with van der Waals surface area (Å²) in [6.45, 7) is 3.06. The van der Waals surface area contributed by atoms with Crippen LogP contribution >= 0.6 is 0 Å². The summed E-state index contributed by atoms with van der Waals surface area (Å²) in [4.78, 5) is 21.5. The number of hydrogen-bond donors (Lipinski definition) is 2. The fraction of sp³-hybridized carbons (Fsp3) is 0.556. The molecule has 1 aliphatic heterocycles. The number of aromatic amines is 1. The van der Waals surface area contributed by atoms with E-state index in [4.69, 9.17) is 9.47 Å². The van der Waals surface area contributed by atoms with Gasteiger partial charge in [-0.1, -0.05) is 6.42 Å². The lowest BCUT2D eigenvalue weighted by atomic mass is 10.1. The van der Waals surface area contributed by atoms with E-state index < -0.39 is 0 Å². The number of ether oxygens (including phenoxy) is 2. The molecule has 6 nitrogen and oxygen atoms in total. The van der Waals surface area contributed by atoms with Crippen LogP contribution in [0.5, 0.6) is 11.5 Å². The van der Waals surface area contributed by atoms with E-state index >= 15 is 0 Å². The molecule has 0 amide bonds.